The second kappa shape index (κ2) is 7.77. The molecule has 2 aromatic rings. The van der Waals surface area contributed by atoms with Crippen molar-refractivity contribution in [3.8, 4) is 0 Å². The summed E-state index contributed by atoms with van der Waals surface area (Å²) in [6, 6.07) is 3.98. The van der Waals surface area contributed by atoms with E-state index in [0.29, 0.717) is 31.4 Å². The standard InChI is InChI=1S/C20H27FN4O3/c1-20(2,3)28-19(27)25-11-5-6-16(25)18(26)22-10-9-17-23-14-12-13(21)7-8-15(14)24(17)4/h7-8,12,16H,5-6,9-11H2,1-4H3,(H,22,26)/t16-/m0/s1. The van der Waals surface area contributed by atoms with Crippen LogP contribution in [0, 0.1) is 5.82 Å². The van der Waals surface area contributed by atoms with Gasteiger partial charge in [0.25, 0.3) is 0 Å². The second-order valence-electron chi connectivity index (χ2n) is 8.09. The van der Waals surface area contributed by atoms with Crippen LogP contribution < -0.4 is 5.32 Å². The Morgan fingerprint density at radius 2 is 2.11 bits per heavy atom. The topological polar surface area (TPSA) is 76.5 Å². The summed E-state index contributed by atoms with van der Waals surface area (Å²) in [6.07, 6.45) is 1.45. The van der Waals surface area contributed by atoms with Crippen LogP contribution in [0.2, 0.25) is 0 Å². The summed E-state index contributed by atoms with van der Waals surface area (Å²) in [5, 5.41) is 2.89. The smallest absolute Gasteiger partial charge is 0.410 e. The van der Waals surface area contributed by atoms with E-state index in [-0.39, 0.29) is 11.7 Å². The van der Waals surface area contributed by atoms with Crippen LogP contribution in [0.25, 0.3) is 11.0 Å². The highest BCUT2D eigenvalue weighted by Gasteiger charge is 2.36. The minimum Gasteiger partial charge on any atom is -0.444 e. The third-order valence-electron chi connectivity index (χ3n) is 4.77. The molecule has 1 saturated heterocycles. The molecule has 2 heterocycles. The van der Waals surface area contributed by atoms with Crippen molar-refractivity contribution in [3.63, 3.8) is 0 Å². The van der Waals surface area contributed by atoms with Crippen molar-refractivity contribution < 1.29 is 18.7 Å². The first-order valence-electron chi connectivity index (χ1n) is 9.54. The van der Waals surface area contributed by atoms with E-state index in [4.69, 9.17) is 4.74 Å². The summed E-state index contributed by atoms with van der Waals surface area (Å²) in [7, 11) is 1.87. The molecule has 1 aliphatic rings. The highest BCUT2D eigenvalue weighted by atomic mass is 19.1. The number of hydrogen-bond acceptors (Lipinski definition) is 4. The van der Waals surface area contributed by atoms with Gasteiger partial charge in [0.05, 0.1) is 11.0 Å². The monoisotopic (exact) mass is 390 g/mol. The lowest BCUT2D eigenvalue weighted by Gasteiger charge is -2.28. The summed E-state index contributed by atoms with van der Waals surface area (Å²) < 4.78 is 20.7. The number of halogens is 1. The van der Waals surface area contributed by atoms with Crippen molar-refractivity contribution in [1.82, 2.24) is 19.8 Å². The molecule has 28 heavy (non-hydrogen) atoms. The maximum atomic E-state index is 13.4. The molecule has 0 spiro atoms. The maximum Gasteiger partial charge on any atom is 0.410 e. The first-order valence-corrected chi connectivity index (χ1v) is 9.54. The van der Waals surface area contributed by atoms with E-state index in [9.17, 15) is 14.0 Å². The van der Waals surface area contributed by atoms with Gasteiger partial charge in [-0.05, 0) is 45.7 Å². The van der Waals surface area contributed by atoms with Crippen LogP contribution >= 0.6 is 0 Å². The highest BCUT2D eigenvalue weighted by Crippen LogP contribution is 2.21. The number of hydrogen-bond donors (Lipinski definition) is 1. The van der Waals surface area contributed by atoms with E-state index in [1.54, 1.807) is 26.8 Å². The van der Waals surface area contributed by atoms with E-state index in [0.717, 1.165) is 17.8 Å². The fourth-order valence-corrected chi connectivity index (χ4v) is 3.44. The predicted molar refractivity (Wildman–Crippen MR) is 103 cm³/mol. The quantitative estimate of drug-likeness (QED) is 0.871. The fourth-order valence-electron chi connectivity index (χ4n) is 3.44. The zero-order chi connectivity index (χ0) is 20.5. The Balaban J connectivity index is 1.58. The Morgan fingerprint density at radius 3 is 2.82 bits per heavy atom. The number of nitrogens with one attached hydrogen (secondary N) is 1. The molecule has 2 amide bonds. The van der Waals surface area contributed by atoms with Gasteiger partial charge in [0.2, 0.25) is 5.91 Å². The van der Waals surface area contributed by atoms with Crippen LogP contribution in [0.1, 0.15) is 39.4 Å². The molecule has 1 N–H and O–H groups in total. The Labute approximate surface area is 163 Å². The second-order valence-corrected chi connectivity index (χ2v) is 8.09. The number of nitrogens with zero attached hydrogens (tertiary/aromatic N) is 3. The average Bonchev–Trinajstić information content (AvgIpc) is 3.19. The van der Waals surface area contributed by atoms with Crippen LogP contribution in [-0.4, -0.2) is 51.2 Å². The first kappa shape index (κ1) is 20.1. The summed E-state index contributed by atoms with van der Waals surface area (Å²) in [4.78, 5) is 30.8. The van der Waals surface area contributed by atoms with Crippen LogP contribution in [0.15, 0.2) is 18.2 Å². The minimum absolute atomic E-state index is 0.187. The number of aromatic nitrogens is 2. The summed E-state index contributed by atoms with van der Waals surface area (Å²) in [6.45, 7) is 6.32. The van der Waals surface area contributed by atoms with Crippen molar-refractivity contribution in [3.05, 3.63) is 29.8 Å². The third-order valence-corrected chi connectivity index (χ3v) is 4.77. The van der Waals surface area contributed by atoms with Crippen molar-refractivity contribution >= 4 is 23.0 Å². The first-order chi connectivity index (χ1) is 13.2. The lowest BCUT2D eigenvalue weighted by molar-refractivity contribution is -0.125. The van der Waals surface area contributed by atoms with Gasteiger partial charge in [0.15, 0.2) is 0 Å². The average molecular weight is 390 g/mol. The number of rotatable bonds is 4. The number of imidazole rings is 1. The molecule has 152 valence electrons. The number of carbonyl (C=O) groups is 2. The molecule has 0 aliphatic carbocycles. The molecule has 0 bridgehead atoms. The predicted octanol–water partition coefficient (Wildman–Crippen LogP) is 2.77. The van der Waals surface area contributed by atoms with E-state index in [1.807, 2.05) is 11.6 Å². The number of benzene rings is 1. The fraction of sp³-hybridized carbons (Fsp3) is 0.550. The Hall–Kier alpha value is -2.64. The molecule has 0 radical (unpaired) electrons. The number of ether oxygens (including phenoxy) is 1. The number of aryl methyl sites for hydroxylation is 1. The number of carbonyl (C=O) groups excluding carboxylic acids is 2. The van der Waals surface area contributed by atoms with Gasteiger partial charge in [-0.3, -0.25) is 9.69 Å². The Kier molecular flexibility index (Phi) is 5.58. The molecular weight excluding hydrogens is 363 g/mol. The molecule has 1 atom stereocenters. The molecule has 0 unspecified atom stereocenters. The largest absolute Gasteiger partial charge is 0.444 e. The molecule has 1 aromatic heterocycles. The van der Waals surface area contributed by atoms with E-state index < -0.39 is 17.7 Å². The molecule has 3 rings (SSSR count). The van der Waals surface area contributed by atoms with Gasteiger partial charge in [-0.15, -0.1) is 0 Å². The van der Waals surface area contributed by atoms with Gasteiger partial charge >= 0.3 is 6.09 Å². The summed E-state index contributed by atoms with van der Waals surface area (Å²) in [5.41, 5.74) is 0.839. The van der Waals surface area contributed by atoms with Gasteiger partial charge in [0, 0.05) is 32.6 Å². The Bertz CT molecular complexity index is 887. The molecule has 1 fully saturated rings. The minimum atomic E-state index is -0.597. The van der Waals surface area contributed by atoms with Gasteiger partial charge in [-0.25, -0.2) is 14.2 Å². The number of amides is 2. The zero-order valence-corrected chi connectivity index (χ0v) is 16.8. The van der Waals surface area contributed by atoms with Crippen molar-refractivity contribution in [2.24, 2.45) is 7.05 Å². The molecule has 8 heteroatoms. The van der Waals surface area contributed by atoms with Crippen LogP contribution in [0.4, 0.5) is 9.18 Å². The van der Waals surface area contributed by atoms with Crippen LogP contribution in [0.5, 0.6) is 0 Å². The maximum absolute atomic E-state index is 13.4. The van der Waals surface area contributed by atoms with Crippen molar-refractivity contribution in [2.45, 2.75) is 51.7 Å². The summed E-state index contributed by atoms with van der Waals surface area (Å²) in [5.74, 6) is 0.249. The lowest BCUT2D eigenvalue weighted by atomic mass is 10.2. The van der Waals surface area contributed by atoms with Gasteiger partial charge < -0.3 is 14.6 Å². The van der Waals surface area contributed by atoms with E-state index in [2.05, 4.69) is 10.3 Å². The molecule has 1 aliphatic heterocycles. The van der Waals surface area contributed by atoms with E-state index >= 15 is 0 Å². The third kappa shape index (κ3) is 4.43. The lowest BCUT2D eigenvalue weighted by Crippen LogP contribution is -2.47. The summed E-state index contributed by atoms with van der Waals surface area (Å²) >= 11 is 0. The van der Waals surface area contributed by atoms with Crippen LogP contribution in [0.3, 0.4) is 0 Å². The van der Waals surface area contributed by atoms with Crippen molar-refractivity contribution in [1.29, 1.82) is 0 Å². The Morgan fingerprint density at radius 1 is 1.36 bits per heavy atom. The van der Waals surface area contributed by atoms with Crippen LogP contribution in [-0.2, 0) is 23.0 Å². The highest BCUT2D eigenvalue weighted by molar-refractivity contribution is 5.86. The molecular formula is C20H27FN4O3. The number of likely N-dealkylation sites (tertiary alicyclic amines) is 1. The normalized spacial score (nSPS) is 17.2. The molecule has 7 nitrogen and oxygen atoms in total. The molecule has 0 saturated carbocycles. The number of fused-ring (bicyclic) bond motifs is 1. The van der Waals surface area contributed by atoms with Gasteiger partial charge in [-0.2, -0.15) is 0 Å². The van der Waals surface area contributed by atoms with Gasteiger partial charge in [0.1, 0.15) is 23.3 Å². The van der Waals surface area contributed by atoms with E-state index in [1.165, 1.54) is 17.0 Å². The molecule has 1 aromatic carbocycles. The van der Waals surface area contributed by atoms with Crippen molar-refractivity contribution in [2.75, 3.05) is 13.1 Å². The van der Waals surface area contributed by atoms with Gasteiger partial charge in [-0.1, -0.05) is 0 Å². The zero-order valence-electron chi connectivity index (χ0n) is 16.8. The SMILES string of the molecule is Cn1c(CCNC(=O)[C@@H]2CCCN2C(=O)OC(C)(C)C)nc2cc(F)ccc21.